The van der Waals surface area contributed by atoms with E-state index < -0.39 is 51.1 Å². The monoisotopic (exact) mass is 781 g/mol. The van der Waals surface area contributed by atoms with Crippen LogP contribution in [0.25, 0.3) is 0 Å². The number of carbonyl (C=O) groups is 3. The molecule has 0 spiro atoms. The lowest BCUT2D eigenvalue weighted by Gasteiger charge is -2.20. The number of hydrogen-bond acceptors (Lipinski definition) is 9. The Hall–Kier alpha value is -2.82. The molecule has 54 heavy (non-hydrogen) atoms. The van der Waals surface area contributed by atoms with E-state index in [0.29, 0.717) is 12.8 Å². The van der Waals surface area contributed by atoms with Crippen molar-refractivity contribution in [1.29, 1.82) is 0 Å². The molecule has 0 aliphatic carbocycles. The van der Waals surface area contributed by atoms with E-state index in [9.17, 15) is 23.8 Å². The Bertz CT molecular complexity index is 1150. The van der Waals surface area contributed by atoms with Crippen LogP contribution in [0, 0.1) is 0 Å². The van der Waals surface area contributed by atoms with Crippen LogP contribution in [-0.2, 0) is 37.5 Å². The van der Waals surface area contributed by atoms with E-state index >= 15 is 0 Å². The number of aliphatic carboxylic acids is 1. The standard InChI is InChI=1S/C42H72NO10P/c1-3-5-7-9-11-13-15-17-18-19-20-22-24-26-28-30-32-34-41(45)53-38(36-51-54(48,49)52-37-39(43)42(46)47)35-50-40(44)33-31-29-27-25-23-21-16-14-12-10-8-6-4-2/h5,7,11,13-14,16-18,20,22,38-39H,3-4,6,8-10,12,15,19,21,23-37,43H2,1-2H3,(H,46,47)(H,48,49)/b7-5-,13-11-,16-14-,18-17-,22-20-/t38-,39+/m1/s1. The number of nitrogens with two attached hydrogens (primary N) is 1. The van der Waals surface area contributed by atoms with Gasteiger partial charge in [0.15, 0.2) is 6.10 Å². The van der Waals surface area contributed by atoms with Crippen molar-refractivity contribution in [3.05, 3.63) is 60.8 Å². The average Bonchev–Trinajstić information content (AvgIpc) is 3.14. The molecule has 0 aliphatic rings. The van der Waals surface area contributed by atoms with Crippen LogP contribution in [0.3, 0.4) is 0 Å². The topological polar surface area (TPSA) is 172 Å². The number of ether oxygens (including phenoxy) is 2. The summed E-state index contributed by atoms with van der Waals surface area (Å²) >= 11 is 0. The first-order chi connectivity index (χ1) is 26.1. The minimum absolute atomic E-state index is 0.129. The van der Waals surface area contributed by atoms with Gasteiger partial charge in [-0.05, 0) is 77.0 Å². The van der Waals surface area contributed by atoms with Gasteiger partial charge in [0.05, 0.1) is 13.2 Å². The molecule has 11 nitrogen and oxygen atoms in total. The number of rotatable bonds is 37. The average molecular weight is 782 g/mol. The Labute approximate surface area is 326 Å². The van der Waals surface area contributed by atoms with E-state index in [1.807, 2.05) is 0 Å². The van der Waals surface area contributed by atoms with Crippen LogP contribution in [-0.4, -0.2) is 59.9 Å². The van der Waals surface area contributed by atoms with Gasteiger partial charge in [0, 0.05) is 12.8 Å². The first-order valence-corrected chi connectivity index (χ1v) is 21.8. The van der Waals surface area contributed by atoms with Crippen molar-refractivity contribution in [2.45, 2.75) is 167 Å². The van der Waals surface area contributed by atoms with Crippen molar-refractivity contribution in [3.63, 3.8) is 0 Å². The Morgan fingerprint density at radius 1 is 0.593 bits per heavy atom. The Kier molecular flexibility index (Phi) is 35.2. The predicted octanol–water partition coefficient (Wildman–Crippen LogP) is 10.4. The van der Waals surface area contributed by atoms with Gasteiger partial charge in [0.2, 0.25) is 0 Å². The van der Waals surface area contributed by atoms with Gasteiger partial charge in [0.1, 0.15) is 12.6 Å². The highest BCUT2D eigenvalue weighted by molar-refractivity contribution is 7.47. The summed E-state index contributed by atoms with van der Waals surface area (Å²) in [5, 5.41) is 8.87. The highest BCUT2D eigenvalue weighted by Crippen LogP contribution is 2.43. The Morgan fingerprint density at radius 2 is 1.04 bits per heavy atom. The third-order valence-electron chi connectivity index (χ3n) is 8.25. The van der Waals surface area contributed by atoms with Gasteiger partial charge in [0.25, 0.3) is 0 Å². The summed E-state index contributed by atoms with van der Waals surface area (Å²) in [5.74, 6) is -2.43. The molecule has 0 aromatic carbocycles. The molecule has 0 rings (SSSR count). The second-order valence-corrected chi connectivity index (χ2v) is 14.8. The Morgan fingerprint density at radius 3 is 1.57 bits per heavy atom. The molecule has 0 heterocycles. The largest absolute Gasteiger partial charge is 0.480 e. The molecule has 0 amide bonds. The number of phosphoric ester groups is 1. The van der Waals surface area contributed by atoms with E-state index in [2.05, 4.69) is 79.1 Å². The number of allylic oxidation sites excluding steroid dienone is 10. The zero-order valence-electron chi connectivity index (χ0n) is 33.3. The summed E-state index contributed by atoms with van der Waals surface area (Å²) in [5.41, 5.74) is 5.32. The minimum atomic E-state index is -4.72. The van der Waals surface area contributed by atoms with Crippen molar-refractivity contribution < 1.29 is 47.5 Å². The predicted molar refractivity (Wildman–Crippen MR) is 217 cm³/mol. The van der Waals surface area contributed by atoms with Crippen molar-refractivity contribution in [2.24, 2.45) is 5.73 Å². The number of esters is 2. The second-order valence-electron chi connectivity index (χ2n) is 13.4. The molecular formula is C42H72NO10P. The smallest absolute Gasteiger partial charge is 0.472 e. The molecule has 3 atom stereocenters. The molecule has 0 radical (unpaired) electrons. The van der Waals surface area contributed by atoms with Gasteiger partial charge in [-0.2, -0.15) is 0 Å². The van der Waals surface area contributed by atoms with Crippen LogP contribution in [0.1, 0.15) is 155 Å². The van der Waals surface area contributed by atoms with E-state index in [0.717, 1.165) is 89.9 Å². The molecule has 0 saturated carbocycles. The summed E-state index contributed by atoms with van der Waals surface area (Å²) in [6.07, 6.45) is 41.4. The van der Waals surface area contributed by atoms with Crippen molar-refractivity contribution in [2.75, 3.05) is 19.8 Å². The number of carboxylic acids is 1. The first-order valence-electron chi connectivity index (χ1n) is 20.3. The van der Waals surface area contributed by atoms with E-state index in [1.165, 1.54) is 25.7 Å². The summed E-state index contributed by atoms with van der Waals surface area (Å²) in [4.78, 5) is 45.8. The lowest BCUT2D eigenvalue weighted by Crippen LogP contribution is -2.34. The van der Waals surface area contributed by atoms with Gasteiger partial charge in [-0.3, -0.25) is 23.4 Å². The van der Waals surface area contributed by atoms with Crippen LogP contribution in [0.4, 0.5) is 0 Å². The maximum Gasteiger partial charge on any atom is 0.472 e. The second kappa shape index (κ2) is 37.1. The van der Waals surface area contributed by atoms with Gasteiger partial charge in [-0.1, -0.05) is 126 Å². The van der Waals surface area contributed by atoms with Gasteiger partial charge in [-0.25, -0.2) is 4.57 Å². The fourth-order valence-electron chi connectivity index (χ4n) is 5.05. The normalized spacial score (nSPS) is 14.4. The summed E-state index contributed by atoms with van der Waals surface area (Å²) < 4.78 is 32.6. The zero-order chi connectivity index (χ0) is 40.0. The highest BCUT2D eigenvalue weighted by Gasteiger charge is 2.28. The van der Waals surface area contributed by atoms with E-state index in [1.54, 1.807) is 0 Å². The number of phosphoric acid groups is 1. The minimum Gasteiger partial charge on any atom is -0.480 e. The quantitative estimate of drug-likeness (QED) is 0.0237. The molecule has 310 valence electrons. The fraction of sp³-hybridized carbons (Fsp3) is 0.690. The van der Waals surface area contributed by atoms with Crippen molar-refractivity contribution >= 4 is 25.7 Å². The van der Waals surface area contributed by atoms with Crippen LogP contribution >= 0.6 is 7.82 Å². The van der Waals surface area contributed by atoms with E-state index in [4.69, 9.17) is 24.8 Å². The molecule has 4 N–H and O–H groups in total. The SMILES string of the molecule is CC/C=C\C/C=C\C/C=C\C/C=C\CCCCCCC(=O)O[C@H](COC(=O)CCCCCCC/C=C\CCCCCC)COP(=O)(O)OC[C@H](N)C(=O)O. The van der Waals surface area contributed by atoms with Gasteiger partial charge in [-0.15, -0.1) is 0 Å². The van der Waals surface area contributed by atoms with Gasteiger partial charge >= 0.3 is 25.7 Å². The molecule has 0 aromatic rings. The maximum atomic E-state index is 12.6. The van der Waals surface area contributed by atoms with Crippen LogP contribution in [0.15, 0.2) is 60.8 Å². The molecule has 0 saturated heterocycles. The zero-order valence-corrected chi connectivity index (χ0v) is 34.2. The number of unbranched alkanes of at least 4 members (excludes halogenated alkanes) is 13. The van der Waals surface area contributed by atoms with Crippen LogP contribution < -0.4 is 5.73 Å². The summed E-state index contributed by atoms with van der Waals surface area (Å²) in [7, 11) is -4.72. The lowest BCUT2D eigenvalue weighted by molar-refractivity contribution is -0.161. The van der Waals surface area contributed by atoms with Crippen LogP contribution in [0.5, 0.6) is 0 Å². The Balaban J connectivity index is 4.48. The fourth-order valence-corrected chi connectivity index (χ4v) is 5.83. The number of carbonyl (C=O) groups excluding carboxylic acids is 2. The van der Waals surface area contributed by atoms with E-state index in [-0.39, 0.29) is 19.4 Å². The summed E-state index contributed by atoms with van der Waals surface area (Å²) in [6, 6.07) is -1.53. The van der Waals surface area contributed by atoms with Crippen molar-refractivity contribution in [1.82, 2.24) is 0 Å². The molecule has 0 aliphatic heterocycles. The van der Waals surface area contributed by atoms with Crippen molar-refractivity contribution in [3.8, 4) is 0 Å². The lowest BCUT2D eigenvalue weighted by atomic mass is 10.1. The number of hydrogen-bond donors (Lipinski definition) is 3. The first kappa shape index (κ1) is 51.2. The molecular weight excluding hydrogens is 709 g/mol. The third-order valence-corrected chi connectivity index (χ3v) is 9.20. The summed E-state index contributed by atoms with van der Waals surface area (Å²) in [6.45, 7) is 2.62. The molecule has 12 heteroatoms. The third kappa shape index (κ3) is 36.2. The molecule has 0 fully saturated rings. The number of carboxylic acid groups (broad SMARTS) is 1. The highest BCUT2D eigenvalue weighted by atomic mass is 31.2. The van der Waals surface area contributed by atoms with Crippen LogP contribution in [0.2, 0.25) is 0 Å². The molecule has 0 aromatic heterocycles. The van der Waals surface area contributed by atoms with Gasteiger partial charge < -0.3 is 25.2 Å². The molecule has 1 unspecified atom stereocenters. The maximum absolute atomic E-state index is 12.6. The molecule has 0 bridgehead atoms.